The van der Waals surface area contributed by atoms with Crippen molar-refractivity contribution in [1.29, 1.82) is 0 Å². The first kappa shape index (κ1) is 17.1. The van der Waals surface area contributed by atoms with Crippen molar-refractivity contribution >= 4 is 51.3 Å². The molecule has 10 heteroatoms. The summed E-state index contributed by atoms with van der Waals surface area (Å²) in [5.41, 5.74) is 3.52. The van der Waals surface area contributed by atoms with Gasteiger partial charge in [0.05, 0.1) is 28.4 Å². The highest BCUT2D eigenvalue weighted by Crippen LogP contribution is 2.36. The van der Waals surface area contributed by atoms with E-state index in [1.54, 1.807) is 18.6 Å². The number of aromatic nitrogens is 6. The fourth-order valence-electron chi connectivity index (χ4n) is 3.30. The smallest absolute Gasteiger partial charge is 0.231 e. The number of hydrogen-bond acceptors (Lipinski definition) is 8. The molecule has 0 amide bonds. The summed E-state index contributed by atoms with van der Waals surface area (Å²) in [4.78, 5) is 27.3. The van der Waals surface area contributed by atoms with Crippen LogP contribution in [0.2, 0.25) is 5.02 Å². The monoisotopic (exact) mass is 396 g/mol. The van der Waals surface area contributed by atoms with E-state index in [4.69, 9.17) is 11.6 Å². The number of hydrogen-bond donors (Lipinski definition) is 3. The minimum absolute atomic E-state index is 0.354. The van der Waals surface area contributed by atoms with Gasteiger partial charge in [0.2, 0.25) is 5.95 Å². The zero-order valence-electron chi connectivity index (χ0n) is 15.0. The van der Waals surface area contributed by atoms with Gasteiger partial charge in [-0.25, -0.2) is 9.97 Å². The average molecular weight is 397 g/mol. The van der Waals surface area contributed by atoms with E-state index in [0.717, 1.165) is 17.5 Å². The summed E-state index contributed by atoms with van der Waals surface area (Å²) in [7, 11) is 0. The van der Waals surface area contributed by atoms with Crippen LogP contribution in [0.15, 0.2) is 24.7 Å². The number of nitrogens with zero attached hydrogens (tertiary/aromatic N) is 6. The largest absolute Gasteiger partial charge is 0.389 e. The zero-order valence-corrected chi connectivity index (χ0v) is 15.8. The molecule has 0 radical (unpaired) electrons. The normalized spacial score (nSPS) is 14.6. The molecule has 28 heavy (non-hydrogen) atoms. The molecule has 5 heterocycles. The Labute approximate surface area is 164 Å². The Morgan fingerprint density at radius 1 is 1.25 bits per heavy atom. The minimum Gasteiger partial charge on any atom is -0.389 e. The number of H-pyrrole nitrogens is 1. The second kappa shape index (κ2) is 6.54. The van der Waals surface area contributed by atoms with Crippen LogP contribution < -0.4 is 10.2 Å². The van der Waals surface area contributed by atoms with E-state index < -0.39 is 0 Å². The first-order valence-corrected chi connectivity index (χ1v) is 9.35. The fraction of sp³-hybridized carbons (Fsp3) is 0.278. The Morgan fingerprint density at radius 3 is 2.86 bits per heavy atom. The van der Waals surface area contributed by atoms with Crippen molar-refractivity contribution in [2.45, 2.75) is 19.4 Å². The fourth-order valence-corrected chi connectivity index (χ4v) is 3.66. The van der Waals surface area contributed by atoms with Gasteiger partial charge < -0.3 is 20.3 Å². The van der Waals surface area contributed by atoms with Crippen LogP contribution in [-0.4, -0.2) is 54.2 Å². The van der Waals surface area contributed by atoms with Crippen molar-refractivity contribution in [1.82, 2.24) is 29.9 Å². The number of anilines is 3. The predicted molar refractivity (Wildman–Crippen MR) is 107 cm³/mol. The number of aliphatic hydroxyl groups excluding tert-OH is 1. The predicted octanol–water partition coefficient (Wildman–Crippen LogP) is 2.44. The number of rotatable bonds is 4. The number of halogens is 1. The highest BCUT2D eigenvalue weighted by atomic mass is 35.5. The van der Waals surface area contributed by atoms with Gasteiger partial charge in [-0.2, -0.15) is 9.97 Å². The van der Waals surface area contributed by atoms with Gasteiger partial charge in [-0.05, 0) is 12.5 Å². The minimum atomic E-state index is -0.354. The van der Waals surface area contributed by atoms with Gasteiger partial charge in [0, 0.05) is 31.2 Å². The van der Waals surface area contributed by atoms with Gasteiger partial charge in [-0.1, -0.05) is 18.5 Å². The second-order valence-corrected chi connectivity index (χ2v) is 7.05. The Bertz CT molecular complexity index is 1190. The van der Waals surface area contributed by atoms with Crippen LogP contribution >= 0.6 is 11.6 Å². The third-order valence-corrected chi connectivity index (χ3v) is 5.16. The molecule has 5 rings (SSSR count). The number of aliphatic hydroxyl groups is 1. The maximum Gasteiger partial charge on any atom is 0.231 e. The number of aromatic amines is 1. The molecule has 0 bridgehead atoms. The van der Waals surface area contributed by atoms with Gasteiger partial charge >= 0.3 is 0 Å². The first-order chi connectivity index (χ1) is 13.6. The Kier molecular flexibility index (Phi) is 3.99. The van der Waals surface area contributed by atoms with Gasteiger partial charge in [0.15, 0.2) is 5.65 Å². The van der Waals surface area contributed by atoms with Crippen LogP contribution in [0.5, 0.6) is 0 Å². The lowest BCUT2D eigenvalue weighted by Gasteiger charge is -2.37. The van der Waals surface area contributed by atoms with E-state index in [-0.39, 0.29) is 6.10 Å². The van der Waals surface area contributed by atoms with Crippen LogP contribution in [0.25, 0.3) is 22.2 Å². The summed E-state index contributed by atoms with van der Waals surface area (Å²) >= 11 is 6.56. The van der Waals surface area contributed by atoms with Crippen molar-refractivity contribution in [2.24, 2.45) is 0 Å². The summed E-state index contributed by atoms with van der Waals surface area (Å²) in [6.45, 7) is 3.06. The van der Waals surface area contributed by atoms with Crippen LogP contribution in [-0.2, 0) is 6.42 Å². The van der Waals surface area contributed by atoms with E-state index in [1.165, 1.54) is 0 Å². The van der Waals surface area contributed by atoms with Gasteiger partial charge in [0.25, 0.3) is 0 Å². The molecule has 4 aromatic rings. The Hall–Kier alpha value is -3.04. The summed E-state index contributed by atoms with van der Waals surface area (Å²) in [5, 5.41) is 14.3. The molecule has 1 fully saturated rings. The van der Waals surface area contributed by atoms with Crippen molar-refractivity contribution in [2.75, 3.05) is 23.3 Å². The molecule has 1 aliphatic rings. The molecule has 0 saturated carbocycles. The number of pyridine rings is 1. The summed E-state index contributed by atoms with van der Waals surface area (Å²) in [6, 6.07) is 1.84. The van der Waals surface area contributed by atoms with Crippen molar-refractivity contribution in [3.8, 4) is 0 Å². The molecule has 0 unspecified atom stereocenters. The van der Waals surface area contributed by atoms with Crippen LogP contribution in [0.4, 0.5) is 17.5 Å². The molecule has 0 spiro atoms. The molecule has 4 aromatic heterocycles. The molecule has 0 aromatic carbocycles. The average Bonchev–Trinajstić information content (AvgIpc) is 3.00. The third kappa shape index (κ3) is 2.79. The number of fused-ring (bicyclic) bond motifs is 2. The van der Waals surface area contributed by atoms with E-state index in [1.807, 2.05) is 17.9 Å². The van der Waals surface area contributed by atoms with Gasteiger partial charge in [0.1, 0.15) is 17.0 Å². The Balaban J connectivity index is 1.58. The molecular formula is C18H17ClN8O. The highest BCUT2D eigenvalue weighted by Gasteiger charge is 2.29. The maximum absolute atomic E-state index is 9.71. The maximum atomic E-state index is 9.71. The van der Waals surface area contributed by atoms with Gasteiger partial charge in [-0.3, -0.25) is 4.98 Å². The molecule has 9 nitrogen and oxygen atoms in total. The van der Waals surface area contributed by atoms with E-state index in [2.05, 4.69) is 35.2 Å². The molecular weight excluding hydrogens is 380 g/mol. The third-order valence-electron chi connectivity index (χ3n) is 4.74. The first-order valence-electron chi connectivity index (χ1n) is 8.97. The standard InChI is InChI=1S/C18H17ClN8O/c1-2-11-14(19)13-16(24-11)25-18(26-17(13)27-7-10(28)8-27)23-9-5-12-15(22-6-9)21-4-3-20-12/h3-6,10,28H,2,7-8H2,1H3,(H2,23,24,25,26). The summed E-state index contributed by atoms with van der Waals surface area (Å²) < 4.78 is 0. The molecule has 142 valence electrons. The lowest BCUT2D eigenvalue weighted by atomic mass is 10.1. The van der Waals surface area contributed by atoms with E-state index in [9.17, 15) is 5.11 Å². The van der Waals surface area contributed by atoms with Crippen LogP contribution in [0.3, 0.4) is 0 Å². The molecule has 0 atom stereocenters. The highest BCUT2D eigenvalue weighted by molar-refractivity contribution is 6.37. The van der Waals surface area contributed by atoms with E-state index >= 15 is 0 Å². The second-order valence-electron chi connectivity index (χ2n) is 6.67. The SMILES string of the molecule is CCc1[nH]c2nc(Nc3cnc4nccnc4c3)nc(N3CC(O)C3)c2c1Cl. The van der Waals surface area contributed by atoms with E-state index in [0.29, 0.717) is 52.4 Å². The van der Waals surface area contributed by atoms with Crippen molar-refractivity contribution in [3.05, 3.63) is 35.4 Å². The lowest BCUT2D eigenvalue weighted by Crippen LogP contribution is -2.51. The lowest BCUT2D eigenvalue weighted by molar-refractivity contribution is 0.141. The molecule has 1 saturated heterocycles. The van der Waals surface area contributed by atoms with Crippen molar-refractivity contribution in [3.63, 3.8) is 0 Å². The van der Waals surface area contributed by atoms with Crippen LogP contribution in [0.1, 0.15) is 12.6 Å². The molecule has 0 aliphatic carbocycles. The Morgan fingerprint density at radius 2 is 2.07 bits per heavy atom. The number of β-amino-alcohol motifs (C(OH)–C–C–N with tert-alkyl or cyclic N) is 1. The van der Waals surface area contributed by atoms with Crippen molar-refractivity contribution < 1.29 is 5.11 Å². The molecule has 1 aliphatic heterocycles. The quantitative estimate of drug-likeness (QED) is 0.481. The number of aryl methyl sites for hydroxylation is 1. The van der Waals surface area contributed by atoms with Crippen LogP contribution in [0, 0.1) is 0 Å². The topological polar surface area (TPSA) is 116 Å². The number of nitrogens with one attached hydrogen (secondary N) is 2. The zero-order chi connectivity index (χ0) is 19.3. The summed E-state index contributed by atoms with van der Waals surface area (Å²) in [6.07, 6.45) is 5.29. The summed E-state index contributed by atoms with van der Waals surface area (Å²) in [5.74, 6) is 1.11. The molecule has 3 N–H and O–H groups in total. The van der Waals surface area contributed by atoms with Gasteiger partial charge in [-0.15, -0.1) is 0 Å².